The highest BCUT2D eigenvalue weighted by atomic mass is 32.2. The molecule has 708 valence electrons. The first-order valence-electron chi connectivity index (χ1n) is 46.0. The first kappa shape index (κ1) is 98.6. The number of hydrogen-bond donors (Lipinski definition) is 9. The summed E-state index contributed by atoms with van der Waals surface area (Å²) in [5.41, 5.74) is 7.34. The molecule has 0 aliphatic carbocycles. The van der Waals surface area contributed by atoms with Gasteiger partial charge < -0.3 is 80.2 Å². The third-order valence-electron chi connectivity index (χ3n) is 22.6. The number of aliphatic hydroxyl groups excluding tert-OH is 1. The molecule has 15 rings (SSSR count). The van der Waals surface area contributed by atoms with E-state index in [9.17, 15) is 19.5 Å². The van der Waals surface area contributed by atoms with E-state index < -0.39 is 47.6 Å². The van der Waals surface area contributed by atoms with Crippen molar-refractivity contribution < 1.29 is 76.6 Å². The Morgan fingerprint density at radius 3 is 0.942 bits per heavy atom. The van der Waals surface area contributed by atoms with E-state index in [2.05, 4.69) is 52.3 Å². The quantitative estimate of drug-likeness (QED) is 0.00992. The Morgan fingerprint density at radius 1 is 0.343 bits per heavy atom. The van der Waals surface area contributed by atoms with Crippen LogP contribution in [0.25, 0.3) is 0 Å². The molecule has 0 saturated carbocycles. The van der Waals surface area contributed by atoms with Crippen LogP contribution in [-0.2, 0) is 52.9 Å². The lowest BCUT2D eigenvalue weighted by Crippen LogP contribution is -2.46. The Balaban J connectivity index is 0.828. The van der Waals surface area contributed by atoms with Gasteiger partial charge in [-0.05, 0) is 99.9 Å². The molecule has 0 aromatic heterocycles. The van der Waals surface area contributed by atoms with Crippen molar-refractivity contribution in [2.45, 2.75) is 72.4 Å². The summed E-state index contributed by atoms with van der Waals surface area (Å²) in [5, 5.41) is 36.9. The van der Waals surface area contributed by atoms with Crippen LogP contribution in [-0.4, -0.2) is 176 Å². The predicted molar refractivity (Wildman–Crippen MR) is 531 cm³/mol. The van der Waals surface area contributed by atoms with Gasteiger partial charge in [0.15, 0.2) is 46.0 Å². The summed E-state index contributed by atoms with van der Waals surface area (Å²) in [4.78, 5) is 111. The SMILES string of the molecule is CCCNC(O)c1ccc(C(=O)NCCN2CCNC(=O)c3ccc(c(OCc4ccccc4)c3OCc3ccccc3)C(=O)NCCNCCNC(=O)c3ccc(c(OCc4ccccc4)c3OCc3ccccc3)C(=O)NCCN(CCNC(=O)c3ccc(C(=O)N4CCSC4=S)c(OCc4ccccc4)c3OCc3ccccc3)CC2)c(OCc2ccccc2)c1OCc1ccccc1. The fourth-order valence-corrected chi connectivity index (χ4v) is 16.5. The molecular formula is C108H113N11O16S2. The van der Waals surface area contributed by atoms with Crippen molar-refractivity contribution in [2.75, 3.05) is 110 Å². The zero-order chi connectivity index (χ0) is 95.1. The third kappa shape index (κ3) is 28.6. The number of fused-ring (bicyclic) bond motifs is 21. The molecular weight excluding hydrogens is 1770 g/mol. The Hall–Kier alpha value is -14.4. The molecule has 9 N–H and O–H groups in total. The topological polar surface area (TPSA) is 320 Å². The maximum atomic E-state index is 15.4. The average Bonchev–Trinajstić information content (AvgIpc) is 1.70. The fourth-order valence-electron chi connectivity index (χ4n) is 15.3. The fraction of sp³-hybridized carbons (Fsp3) is 0.259. The number of nitrogens with one attached hydrogen (secondary N) is 8. The number of amides is 7. The normalized spacial score (nSPS) is 14.1. The van der Waals surface area contributed by atoms with Crippen LogP contribution in [0.3, 0.4) is 0 Å². The number of carbonyl (C=O) groups excluding carboxylic acids is 7. The van der Waals surface area contributed by atoms with Crippen LogP contribution in [0.15, 0.2) is 291 Å². The Kier molecular flexibility index (Phi) is 37.3. The summed E-state index contributed by atoms with van der Waals surface area (Å²) in [6.07, 6.45) is -0.492. The van der Waals surface area contributed by atoms with Gasteiger partial charge in [0.05, 0.1) is 38.9 Å². The number of carbonyl (C=O) groups is 7. The van der Waals surface area contributed by atoms with E-state index in [0.717, 1.165) is 50.9 Å². The summed E-state index contributed by atoms with van der Waals surface area (Å²) in [6.45, 7) is 4.80. The van der Waals surface area contributed by atoms with Crippen molar-refractivity contribution in [3.8, 4) is 46.0 Å². The second-order valence-corrected chi connectivity index (χ2v) is 34.1. The van der Waals surface area contributed by atoms with Gasteiger partial charge in [-0.2, -0.15) is 0 Å². The van der Waals surface area contributed by atoms with Gasteiger partial charge in [-0.15, -0.1) is 0 Å². The van der Waals surface area contributed by atoms with Crippen molar-refractivity contribution in [1.82, 2.24) is 57.2 Å². The van der Waals surface area contributed by atoms with Gasteiger partial charge in [0.25, 0.3) is 41.4 Å². The highest BCUT2D eigenvalue weighted by Crippen LogP contribution is 2.43. The van der Waals surface area contributed by atoms with Crippen LogP contribution in [0.2, 0.25) is 0 Å². The number of ether oxygens (including phenoxy) is 8. The average molecular weight is 1890 g/mol. The van der Waals surface area contributed by atoms with Crippen molar-refractivity contribution in [3.05, 3.63) is 380 Å². The highest BCUT2D eigenvalue weighted by molar-refractivity contribution is 8.23. The summed E-state index contributed by atoms with van der Waals surface area (Å²) in [6, 6.07) is 87.9. The molecule has 1 atom stereocenters. The number of aliphatic hydroxyl groups is 1. The maximum absolute atomic E-state index is 15.4. The largest absolute Gasteiger partial charge is 0.485 e. The minimum atomic E-state index is -1.21. The second kappa shape index (κ2) is 51.9. The van der Waals surface area contributed by atoms with E-state index in [-0.39, 0.29) is 229 Å². The van der Waals surface area contributed by atoms with Crippen LogP contribution in [0, 0.1) is 0 Å². The van der Waals surface area contributed by atoms with Crippen molar-refractivity contribution >= 4 is 69.7 Å². The van der Waals surface area contributed by atoms with E-state index in [1.165, 1.54) is 40.9 Å². The summed E-state index contributed by atoms with van der Waals surface area (Å²) in [5.74, 6) is -2.62. The minimum Gasteiger partial charge on any atom is -0.485 e. The van der Waals surface area contributed by atoms with Crippen LogP contribution < -0.4 is 80.4 Å². The number of benzene rings is 12. The lowest BCUT2D eigenvalue weighted by Gasteiger charge is -2.28. The molecule has 27 nitrogen and oxygen atoms in total. The predicted octanol–water partition coefficient (Wildman–Crippen LogP) is 14.5. The molecule has 3 heterocycles. The third-order valence-corrected chi connectivity index (χ3v) is 24.1. The number of nitrogens with zero attached hydrogens (tertiary/aromatic N) is 3. The van der Waals surface area contributed by atoms with Gasteiger partial charge in [-0.1, -0.05) is 280 Å². The molecule has 1 saturated heterocycles. The maximum Gasteiger partial charge on any atom is 0.263 e. The Morgan fingerprint density at radius 2 is 0.628 bits per heavy atom. The van der Waals surface area contributed by atoms with E-state index >= 15 is 19.2 Å². The van der Waals surface area contributed by atoms with Crippen molar-refractivity contribution in [1.29, 1.82) is 0 Å². The second-order valence-electron chi connectivity index (χ2n) is 32.4. The molecule has 7 amide bonds. The molecule has 12 aromatic rings. The molecule has 12 aromatic carbocycles. The Labute approximate surface area is 807 Å². The number of hydrogen-bond acceptors (Lipinski definition) is 22. The number of rotatable bonds is 37. The van der Waals surface area contributed by atoms with Gasteiger partial charge in [-0.3, -0.25) is 53.6 Å². The van der Waals surface area contributed by atoms with E-state index in [4.69, 9.17) is 50.1 Å². The van der Waals surface area contributed by atoms with Gasteiger partial charge in [0.1, 0.15) is 63.4 Å². The minimum absolute atomic E-state index is 0.00125. The number of thioether (sulfide) groups is 1. The molecule has 0 radical (unpaired) electrons. The summed E-state index contributed by atoms with van der Waals surface area (Å²) >= 11 is 7.09. The Bertz CT molecular complexity index is 5990. The molecule has 3 aliphatic heterocycles. The first-order chi connectivity index (χ1) is 67.2. The van der Waals surface area contributed by atoms with Crippen LogP contribution >= 0.6 is 24.0 Å². The van der Waals surface area contributed by atoms with Gasteiger partial charge in [-0.25, -0.2) is 0 Å². The molecule has 4 bridgehead atoms. The van der Waals surface area contributed by atoms with Crippen LogP contribution in [0.4, 0.5) is 0 Å². The van der Waals surface area contributed by atoms with Crippen molar-refractivity contribution in [3.63, 3.8) is 0 Å². The molecule has 1 fully saturated rings. The molecule has 137 heavy (non-hydrogen) atoms. The van der Waals surface area contributed by atoms with Crippen molar-refractivity contribution in [2.24, 2.45) is 0 Å². The highest BCUT2D eigenvalue weighted by Gasteiger charge is 2.34. The lowest BCUT2D eigenvalue weighted by molar-refractivity contribution is 0.0850. The molecule has 29 heteroatoms. The molecule has 3 aliphatic rings. The van der Waals surface area contributed by atoms with Gasteiger partial charge >= 0.3 is 0 Å². The number of thiocarbonyl (C=S) groups is 1. The van der Waals surface area contributed by atoms with E-state index in [1.54, 1.807) is 24.3 Å². The molecule has 1 unspecified atom stereocenters. The van der Waals surface area contributed by atoms with Crippen LogP contribution in [0.1, 0.15) is 142 Å². The molecule has 0 spiro atoms. The van der Waals surface area contributed by atoms with E-state index in [1.807, 2.05) is 250 Å². The summed E-state index contributed by atoms with van der Waals surface area (Å²) < 4.78 is 53.8. The van der Waals surface area contributed by atoms with E-state index in [0.29, 0.717) is 28.7 Å². The summed E-state index contributed by atoms with van der Waals surface area (Å²) in [7, 11) is 0. The smallest absolute Gasteiger partial charge is 0.263 e. The standard InChI is InChI=1S/C108H113N11O16S2/c1-2-51-110-100(120)84-43-46-87(95(131-71-79-33-17-6-18-34-79)92(84)128-68-76-27-11-3-12-28-76)103(123)113-56-60-117-61-57-114-104(124)88-47-44-85(93(129-69-77-29-13-4-14-30-77)96(88)132-72-80-35-19-7-20-36-80)101(121)111-54-52-109-53-55-112-102(122)86-45-48-89(97(133-73-81-37-21-8-22-38-81)94(86)130-70-78-31-15-5-16-32-78)105(125)115-58-62-118(65-64-117)63-59-116-106(126)90-49-50-91(107(127)119-66-67-137-108(119)136)99(135-75-83-41-25-10-26-42-83)98(90)134-74-82-39-23-9-24-40-82/h3-50,100,109-110,120H,2,51-75H2,1H3,(H,111,121)(H,112,122)(H,113,123)(H,114,124)(H,115,125)(H,116,126). The van der Waals surface area contributed by atoms with Crippen LogP contribution in [0.5, 0.6) is 46.0 Å². The lowest BCUT2D eigenvalue weighted by atomic mass is 10.1. The zero-order valence-electron chi connectivity index (χ0n) is 76.4. The first-order valence-corrected chi connectivity index (χ1v) is 47.4. The van der Waals surface area contributed by atoms with Gasteiger partial charge in [0, 0.05) is 109 Å². The zero-order valence-corrected chi connectivity index (χ0v) is 78.0. The van der Waals surface area contributed by atoms with Gasteiger partial charge in [0.2, 0.25) is 0 Å². The monoisotopic (exact) mass is 1880 g/mol.